The van der Waals surface area contributed by atoms with E-state index in [9.17, 15) is 39.0 Å². The summed E-state index contributed by atoms with van der Waals surface area (Å²) in [5.74, 6) is -2.43. The third-order valence-corrected chi connectivity index (χ3v) is 12.8. The van der Waals surface area contributed by atoms with Crippen molar-refractivity contribution in [1.82, 2.24) is 20.4 Å². The standard InChI is InChI=1S/C45H57N7O9/c1-26(2)36(48-42(57)58)38(53)50-24-6-22-44(50,40(46)55)30-12-8-28(9-13-30)34-20-21-35(52(34)32-16-18-33(61-5)19-17-32)29-10-14-31(15-11-29)45(41(47)56)23-7-25-51(45)39(54)37(27(3)4)49-43(59)60/h8-19,26-27,34-37,48-49H,6-7,20-25H2,1-5H3,(H2,46,55)(H2,47,56)(H,57,58)(H,59,60)/t34-,35-,36+,37+,44+,45+/m1/s1. The highest BCUT2D eigenvalue weighted by molar-refractivity contribution is 5.96. The zero-order chi connectivity index (χ0) is 44.4. The molecule has 3 aromatic carbocycles. The van der Waals surface area contributed by atoms with E-state index in [2.05, 4.69) is 15.5 Å². The molecule has 326 valence electrons. The van der Waals surface area contributed by atoms with E-state index in [1.54, 1.807) is 34.8 Å². The van der Waals surface area contributed by atoms with E-state index in [4.69, 9.17) is 16.2 Å². The van der Waals surface area contributed by atoms with Gasteiger partial charge in [-0.15, -0.1) is 0 Å². The van der Waals surface area contributed by atoms with Gasteiger partial charge in [0.1, 0.15) is 28.9 Å². The smallest absolute Gasteiger partial charge is 0.405 e. The molecule has 8 N–H and O–H groups in total. The average Bonchev–Trinajstić information content (AvgIpc) is 4.00. The van der Waals surface area contributed by atoms with Gasteiger partial charge in [-0.25, -0.2) is 9.59 Å². The Morgan fingerprint density at radius 1 is 0.639 bits per heavy atom. The number of rotatable bonds is 14. The van der Waals surface area contributed by atoms with Crippen LogP contribution in [0, 0.1) is 11.8 Å². The number of nitrogens with one attached hydrogen (secondary N) is 2. The number of amides is 6. The van der Waals surface area contributed by atoms with Gasteiger partial charge >= 0.3 is 12.2 Å². The summed E-state index contributed by atoms with van der Waals surface area (Å²) < 4.78 is 5.46. The van der Waals surface area contributed by atoms with Crippen molar-refractivity contribution < 1.29 is 43.7 Å². The maximum absolute atomic E-state index is 13.9. The fourth-order valence-corrected chi connectivity index (χ4v) is 9.80. The van der Waals surface area contributed by atoms with Crippen molar-refractivity contribution in [3.05, 3.63) is 95.1 Å². The Kier molecular flexibility index (Phi) is 12.9. The fraction of sp³-hybridized carbons (Fsp3) is 0.467. The van der Waals surface area contributed by atoms with Crippen LogP contribution in [0.3, 0.4) is 0 Å². The van der Waals surface area contributed by atoms with Crippen LogP contribution in [0.1, 0.15) is 101 Å². The highest BCUT2D eigenvalue weighted by atomic mass is 16.5. The molecule has 16 heteroatoms. The first-order valence-corrected chi connectivity index (χ1v) is 20.8. The predicted molar refractivity (Wildman–Crippen MR) is 226 cm³/mol. The van der Waals surface area contributed by atoms with E-state index in [0.717, 1.165) is 29.7 Å². The lowest BCUT2D eigenvalue weighted by molar-refractivity contribution is -0.146. The molecule has 0 aliphatic carbocycles. The van der Waals surface area contributed by atoms with E-state index in [0.29, 0.717) is 42.6 Å². The minimum Gasteiger partial charge on any atom is -0.497 e. The second-order valence-corrected chi connectivity index (χ2v) is 16.9. The molecule has 3 heterocycles. The Bertz CT molecular complexity index is 2000. The molecule has 3 aliphatic rings. The summed E-state index contributed by atoms with van der Waals surface area (Å²) >= 11 is 0. The van der Waals surface area contributed by atoms with Crippen LogP contribution in [0.4, 0.5) is 15.3 Å². The SMILES string of the molecule is COc1ccc(N2[C@@H](c3ccc([C@]4(C(N)=O)CCCN4C(=O)[C@@H](NC(=O)O)C(C)C)cc3)CC[C@@H]2c2ccc([C@]3(C(N)=O)CCCN3C(=O)[C@@H](NC(=O)O)C(C)C)cc2)cc1. The molecule has 0 bridgehead atoms. The largest absolute Gasteiger partial charge is 0.497 e. The van der Waals surface area contributed by atoms with Crippen LogP contribution in [-0.4, -0.2) is 88.1 Å². The highest BCUT2D eigenvalue weighted by Crippen LogP contribution is 2.49. The van der Waals surface area contributed by atoms with Crippen molar-refractivity contribution in [2.75, 3.05) is 25.1 Å². The number of carbonyl (C=O) groups is 6. The molecular weight excluding hydrogens is 783 g/mol. The lowest BCUT2D eigenvalue weighted by Crippen LogP contribution is -2.59. The van der Waals surface area contributed by atoms with Gasteiger partial charge in [0, 0.05) is 18.8 Å². The van der Waals surface area contributed by atoms with E-state index < -0.39 is 59.0 Å². The lowest BCUT2D eigenvalue weighted by atomic mass is 9.84. The maximum atomic E-state index is 13.9. The monoisotopic (exact) mass is 839 g/mol. The third-order valence-electron chi connectivity index (χ3n) is 12.8. The number of primary amides is 2. The molecule has 3 saturated heterocycles. The van der Waals surface area contributed by atoms with Crippen LogP contribution >= 0.6 is 0 Å². The molecule has 3 fully saturated rings. The Balaban J connectivity index is 1.33. The number of anilines is 1. The number of ether oxygens (including phenoxy) is 1. The number of carbonyl (C=O) groups excluding carboxylic acids is 4. The number of methoxy groups -OCH3 is 1. The number of hydrogen-bond acceptors (Lipinski definition) is 8. The average molecular weight is 840 g/mol. The summed E-state index contributed by atoms with van der Waals surface area (Å²) in [5, 5.41) is 23.6. The van der Waals surface area contributed by atoms with Gasteiger partial charge in [-0.1, -0.05) is 76.2 Å². The van der Waals surface area contributed by atoms with Crippen LogP contribution < -0.4 is 31.7 Å². The Morgan fingerprint density at radius 2 is 1.02 bits per heavy atom. The van der Waals surface area contributed by atoms with Gasteiger partial charge < -0.3 is 51.8 Å². The predicted octanol–water partition coefficient (Wildman–Crippen LogP) is 4.97. The maximum Gasteiger partial charge on any atom is 0.405 e. The van der Waals surface area contributed by atoms with Gasteiger partial charge in [0.2, 0.25) is 23.6 Å². The summed E-state index contributed by atoms with van der Waals surface area (Å²) in [6.07, 6.45) is 0.456. The van der Waals surface area contributed by atoms with Crippen molar-refractivity contribution in [3.8, 4) is 5.75 Å². The van der Waals surface area contributed by atoms with Gasteiger partial charge in [0.15, 0.2) is 0 Å². The van der Waals surface area contributed by atoms with E-state index in [1.807, 2.05) is 72.8 Å². The summed E-state index contributed by atoms with van der Waals surface area (Å²) in [7, 11) is 1.60. The molecule has 6 rings (SSSR count). The summed E-state index contributed by atoms with van der Waals surface area (Å²) in [6.45, 7) is 7.45. The number of likely N-dealkylation sites (tertiary alicyclic amines) is 2. The van der Waals surface area contributed by atoms with Crippen molar-refractivity contribution in [3.63, 3.8) is 0 Å². The highest BCUT2D eigenvalue weighted by Gasteiger charge is 2.53. The van der Waals surface area contributed by atoms with Gasteiger partial charge in [-0.05, 0) is 96.9 Å². The normalized spacial score (nSPS) is 23.5. The van der Waals surface area contributed by atoms with Crippen LogP contribution in [0.2, 0.25) is 0 Å². The first kappa shape index (κ1) is 44.2. The topological polar surface area (TPSA) is 238 Å². The Hall–Kier alpha value is -6.32. The zero-order valence-electron chi connectivity index (χ0n) is 35.3. The zero-order valence-corrected chi connectivity index (χ0v) is 35.3. The molecule has 3 aromatic rings. The number of benzene rings is 3. The van der Waals surface area contributed by atoms with Crippen LogP contribution in [0.15, 0.2) is 72.8 Å². The van der Waals surface area contributed by atoms with Gasteiger partial charge in [0.05, 0.1) is 19.2 Å². The molecule has 0 unspecified atom stereocenters. The molecule has 61 heavy (non-hydrogen) atoms. The third kappa shape index (κ3) is 8.14. The second-order valence-electron chi connectivity index (χ2n) is 16.9. The minimum atomic E-state index is -1.46. The summed E-state index contributed by atoms with van der Waals surface area (Å²) in [5.41, 5.74) is 13.3. The van der Waals surface area contributed by atoms with Crippen molar-refractivity contribution >= 4 is 41.5 Å². The first-order valence-electron chi connectivity index (χ1n) is 20.8. The summed E-state index contributed by atoms with van der Waals surface area (Å²) in [4.78, 5) is 83.0. The van der Waals surface area contributed by atoms with Gasteiger partial charge in [-0.2, -0.15) is 0 Å². The van der Waals surface area contributed by atoms with Crippen LogP contribution in [0.5, 0.6) is 5.75 Å². The van der Waals surface area contributed by atoms with E-state index in [-0.39, 0.29) is 37.0 Å². The molecule has 16 nitrogen and oxygen atoms in total. The Labute approximate surface area is 355 Å². The first-order chi connectivity index (χ1) is 29.0. The van der Waals surface area contributed by atoms with Crippen molar-refractivity contribution in [1.29, 1.82) is 0 Å². The number of nitrogens with two attached hydrogens (primary N) is 2. The van der Waals surface area contributed by atoms with Crippen molar-refractivity contribution in [2.24, 2.45) is 23.3 Å². The van der Waals surface area contributed by atoms with Crippen LogP contribution in [0.25, 0.3) is 0 Å². The molecule has 0 aromatic heterocycles. The van der Waals surface area contributed by atoms with Gasteiger partial charge in [0.25, 0.3) is 0 Å². The van der Waals surface area contributed by atoms with E-state index >= 15 is 0 Å². The van der Waals surface area contributed by atoms with Gasteiger partial charge in [-0.3, -0.25) is 19.2 Å². The fourth-order valence-electron chi connectivity index (χ4n) is 9.80. The minimum absolute atomic E-state index is 0.127. The molecule has 3 aliphatic heterocycles. The van der Waals surface area contributed by atoms with Crippen molar-refractivity contribution in [2.45, 2.75) is 101 Å². The van der Waals surface area contributed by atoms with E-state index in [1.165, 1.54) is 9.80 Å². The second kappa shape index (κ2) is 17.7. The molecule has 0 spiro atoms. The molecule has 0 saturated carbocycles. The number of carboxylic acid groups (broad SMARTS) is 2. The quantitative estimate of drug-likeness (QED) is 0.127. The molecular formula is C45H57N7O9. The molecule has 6 atom stereocenters. The lowest BCUT2D eigenvalue weighted by Gasteiger charge is -2.39. The molecule has 0 radical (unpaired) electrons. The van der Waals surface area contributed by atoms with Crippen LogP contribution in [-0.2, 0) is 30.3 Å². The summed E-state index contributed by atoms with van der Waals surface area (Å²) in [6, 6.07) is 20.6. The number of hydrogen-bond donors (Lipinski definition) is 6. The molecule has 6 amide bonds. The Morgan fingerprint density at radius 3 is 1.33 bits per heavy atom. The number of nitrogens with zero attached hydrogens (tertiary/aromatic N) is 3.